The van der Waals surface area contributed by atoms with Crippen LogP contribution in [-0.2, 0) is 4.74 Å². The topological polar surface area (TPSA) is 80.3 Å². The van der Waals surface area contributed by atoms with E-state index in [1.807, 2.05) is 0 Å². The number of halogens is 2. The average molecular weight is 447 g/mol. The van der Waals surface area contributed by atoms with E-state index in [0.717, 1.165) is 32.5 Å². The molecule has 1 saturated heterocycles. The first-order chi connectivity index (χ1) is 14.0. The molecule has 0 unspecified atom stereocenters. The summed E-state index contributed by atoms with van der Waals surface area (Å²) >= 11 is 12.5. The molecule has 2 N–H and O–H groups in total. The fourth-order valence-electron chi connectivity index (χ4n) is 3.78. The van der Waals surface area contributed by atoms with Crippen LogP contribution in [0.15, 0.2) is 6.07 Å². The molecule has 2 aliphatic rings. The van der Waals surface area contributed by atoms with Gasteiger partial charge in [0.2, 0.25) is 0 Å². The van der Waals surface area contributed by atoms with Gasteiger partial charge in [-0.1, -0.05) is 23.2 Å². The van der Waals surface area contributed by atoms with Gasteiger partial charge >= 0.3 is 0 Å². The molecule has 2 aliphatic heterocycles. The van der Waals surface area contributed by atoms with E-state index in [2.05, 4.69) is 10.2 Å². The number of hydrogen-bond donors (Lipinski definition) is 2. The second kappa shape index (κ2) is 10.7. The van der Waals surface area contributed by atoms with Gasteiger partial charge in [-0.2, -0.15) is 0 Å². The lowest BCUT2D eigenvalue weighted by atomic mass is 9.93. The number of hydrogen-bond acceptors (Lipinski definition) is 6. The number of amides is 1. The highest BCUT2D eigenvalue weighted by Gasteiger charge is 2.30. The molecule has 3 rings (SSSR count). The quantitative estimate of drug-likeness (QED) is 0.669. The molecule has 162 valence electrons. The number of methoxy groups -OCH3 is 1. The molecular formula is C20H28Cl2N2O5. The van der Waals surface area contributed by atoms with Crippen LogP contribution < -0.4 is 14.8 Å². The zero-order chi connectivity index (χ0) is 20.8. The van der Waals surface area contributed by atoms with E-state index in [4.69, 9.17) is 42.5 Å². The van der Waals surface area contributed by atoms with Gasteiger partial charge in [0.1, 0.15) is 5.02 Å². The maximum atomic E-state index is 12.9. The van der Waals surface area contributed by atoms with Gasteiger partial charge in [0.05, 0.1) is 29.9 Å². The summed E-state index contributed by atoms with van der Waals surface area (Å²) in [6.07, 6.45) is 2.38. The van der Waals surface area contributed by atoms with Crippen LogP contribution in [0.5, 0.6) is 11.5 Å². The fraction of sp³-hybridized carbons (Fsp3) is 0.650. The van der Waals surface area contributed by atoms with E-state index in [1.165, 1.54) is 6.07 Å². The van der Waals surface area contributed by atoms with Crippen molar-refractivity contribution in [2.24, 2.45) is 5.92 Å². The molecule has 29 heavy (non-hydrogen) atoms. The molecule has 1 fully saturated rings. The Morgan fingerprint density at radius 3 is 2.83 bits per heavy atom. The van der Waals surface area contributed by atoms with Crippen molar-refractivity contribution in [2.45, 2.75) is 25.4 Å². The van der Waals surface area contributed by atoms with Gasteiger partial charge < -0.3 is 29.5 Å². The summed E-state index contributed by atoms with van der Waals surface area (Å²) in [4.78, 5) is 15.2. The lowest BCUT2D eigenvalue weighted by Crippen LogP contribution is -2.48. The van der Waals surface area contributed by atoms with Crippen LogP contribution in [0.25, 0.3) is 0 Å². The molecule has 7 nitrogen and oxygen atoms in total. The minimum Gasteiger partial charge on any atom is -0.489 e. The van der Waals surface area contributed by atoms with Crippen LogP contribution in [-0.4, -0.2) is 75.1 Å². The highest BCUT2D eigenvalue weighted by atomic mass is 35.5. The van der Waals surface area contributed by atoms with Crippen molar-refractivity contribution in [2.75, 3.05) is 53.1 Å². The SMILES string of the molecule is CO[C@@H]1CN(CCCO)CC[C@H]1CNC(=O)c1cc(Cl)c(Cl)c2c1OCCCO2. The summed E-state index contributed by atoms with van der Waals surface area (Å²) in [7, 11) is 1.69. The van der Waals surface area contributed by atoms with Crippen molar-refractivity contribution in [3.8, 4) is 11.5 Å². The fourth-order valence-corrected chi connectivity index (χ4v) is 4.17. The Hall–Kier alpha value is -1.25. The van der Waals surface area contributed by atoms with Gasteiger partial charge in [0.25, 0.3) is 5.91 Å². The number of ether oxygens (including phenoxy) is 3. The van der Waals surface area contributed by atoms with Crippen molar-refractivity contribution < 1.29 is 24.1 Å². The van der Waals surface area contributed by atoms with Crippen molar-refractivity contribution >= 4 is 29.1 Å². The lowest BCUT2D eigenvalue weighted by molar-refractivity contribution is -0.0116. The molecule has 0 bridgehead atoms. The number of rotatable bonds is 7. The number of likely N-dealkylation sites (tertiary alicyclic amines) is 1. The van der Waals surface area contributed by atoms with Crippen LogP contribution in [0.4, 0.5) is 0 Å². The molecular weight excluding hydrogens is 419 g/mol. The second-order valence-electron chi connectivity index (χ2n) is 7.34. The third-order valence-corrected chi connectivity index (χ3v) is 6.17. The molecule has 0 saturated carbocycles. The number of piperidine rings is 1. The largest absolute Gasteiger partial charge is 0.489 e. The van der Waals surface area contributed by atoms with Gasteiger partial charge in [-0.3, -0.25) is 4.79 Å². The van der Waals surface area contributed by atoms with Crippen LogP contribution >= 0.6 is 23.2 Å². The monoisotopic (exact) mass is 446 g/mol. The van der Waals surface area contributed by atoms with Crippen LogP contribution in [0, 0.1) is 5.92 Å². The Morgan fingerprint density at radius 1 is 1.34 bits per heavy atom. The van der Waals surface area contributed by atoms with Crippen molar-refractivity contribution in [1.82, 2.24) is 10.2 Å². The molecule has 0 aliphatic carbocycles. The maximum Gasteiger partial charge on any atom is 0.255 e. The normalized spacial score (nSPS) is 22.2. The van der Waals surface area contributed by atoms with E-state index in [1.54, 1.807) is 7.11 Å². The Morgan fingerprint density at radius 2 is 2.10 bits per heavy atom. The first-order valence-corrected chi connectivity index (χ1v) is 10.7. The summed E-state index contributed by atoms with van der Waals surface area (Å²) in [5.41, 5.74) is 0.325. The third kappa shape index (κ3) is 5.47. The van der Waals surface area contributed by atoms with Gasteiger partial charge in [-0.25, -0.2) is 0 Å². The van der Waals surface area contributed by atoms with Gasteiger partial charge in [0.15, 0.2) is 11.5 Å². The van der Waals surface area contributed by atoms with Gasteiger partial charge in [0, 0.05) is 45.7 Å². The first kappa shape index (κ1) is 22.4. The molecule has 2 atom stereocenters. The van der Waals surface area contributed by atoms with E-state index < -0.39 is 0 Å². The summed E-state index contributed by atoms with van der Waals surface area (Å²) in [6, 6.07) is 1.53. The molecule has 2 heterocycles. The summed E-state index contributed by atoms with van der Waals surface area (Å²) in [5, 5.41) is 12.5. The number of benzene rings is 1. The van der Waals surface area contributed by atoms with Gasteiger partial charge in [-0.15, -0.1) is 0 Å². The zero-order valence-corrected chi connectivity index (χ0v) is 18.1. The summed E-state index contributed by atoms with van der Waals surface area (Å²) in [6.45, 7) is 4.13. The number of aliphatic hydroxyl groups is 1. The highest BCUT2D eigenvalue weighted by molar-refractivity contribution is 6.43. The number of carbonyl (C=O) groups excluding carboxylic acids is 1. The predicted molar refractivity (Wildman–Crippen MR) is 111 cm³/mol. The van der Waals surface area contributed by atoms with Crippen molar-refractivity contribution in [3.63, 3.8) is 0 Å². The van der Waals surface area contributed by atoms with E-state index in [9.17, 15) is 4.79 Å². The second-order valence-corrected chi connectivity index (χ2v) is 8.12. The van der Waals surface area contributed by atoms with E-state index >= 15 is 0 Å². The smallest absolute Gasteiger partial charge is 0.255 e. The highest BCUT2D eigenvalue weighted by Crippen LogP contribution is 2.44. The lowest BCUT2D eigenvalue weighted by Gasteiger charge is -2.37. The Labute approximate surface area is 181 Å². The van der Waals surface area contributed by atoms with Crippen molar-refractivity contribution in [3.05, 3.63) is 21.7 Å². The number of fused-ring (bicyclic) bond motifs is 1. The Bertz CT molecular complexity index is 719. The number of aliphatic hydroxyl groups excluding tert-OH is 1. The minimum absolute atomic E-state index is 0.0215. The Balaban J connectivity index is 1.66. The average Bonchev–Trinajstić information content (AvgIpc) is 2.99. The minimum atomic E-state index is -0.275. The molecule has 1 aromatic rings. The van der Waals surface area contributed by atoms with Crippen molar-refractivity contribution in [1.29, 1.82) is 0 Å². The standard InChI is InChI=1S/C20H28Cl2N2O5/c1-27-16-12-24(5-2-7-25)6-4-13(16)11-23-20(26)14-10-15(21)17(22)19-18(14)28-8-3-9-29-19/h10,13,16,25H,2-9,11-12H2,1H3,(H,23,26)/t13-,16+/m0/s1. The number of nitrogens with one attached hydrogen (secondary N) is 1. The molecule has 0 radical (unpaired) electrons. The molecule has 1 aromatic carbocycles. The number of nitrogens with zero attached hydrogens (tertiary/aromatic N) is 1. The molecule has 0 aromatic heterocycles. The van der Waals surface area contributed by atoms with E-state index in [0.29, 0.717) is 43.2 Å². The summed E-state index contributed by atoms with van der Waals surface area (Å²) < 4.78 is 17.1. The maximum absolute atomic E-state index is 12.9. The van der Waals surface area contributed by atoms with Crippen LogP contribution in [0.3, 0.4) is 0 Å². The summed E-state index contributed by atoms with van der Waals surface area (Å²) in [5.74, 6) is 0.598. The van der Waals surface area contributed by atoms with Gasteiger partial charge in [-0.05, 0) is 25.5 Å². The number of carbonyl (C=O) groups is 1. The van der Waals surface area contributed by atoms with Crippen LogP contribution in [0.1, 0.15) is 29.6 Å². The van der Waals surface area contributed by atoms with E-state index in [-0.39, 0.29) is 34.6 Å². The Kier molecular flexibility index (Phi) is 8.26. The zero-order valence-electron chi connectivity index (χ0n) is 16.6. The molecule has 1 amide bonds. The first-order valence-electron chi connectivity index (χ1n) is 9.97. The predicted octanol–water partition coefficient (Wildman–Crippen LogP) is 2.60. The van der Waals surface area contributed by atoms with Crippen LogP contribution in [0.2, 0.25) is 10.0 Å². The molecule has 9 heteroatoms. The third-order valence-electron chi connectivity index (χ3n) is 5.40. The molecule has 0 spiro atoms.